The van der Waals surface area contributed by atoms with Crippen molar-refractivity contribution in [1.82, 2.24) is 0 Å². The van der Waals surface area contributed by atoms with Gasteiger partial charge >= 0.3 is 0 Å². The number of nitrogens with one attached hydrogen (secondary N) is 1. The van der Waals surface area contributed by atoms with E-state index in [1.54, 1.807) is 56.7 Å². The number of carbonyl (C=O) groups excluding carboxylic acids is 1. The summed E-state index contributed by atoms with van der Waals surface area (Å²) in [5.41, 5.74) is 1.11. The minimum absolute atomic E-state index is 0.240. The Kier molecular flexibility index (Phi) is 5.39. The SMILES string of the molecule is COc1ccc(NC(=O)c2cccc(Oc3ccccc3)c2)cc1OC. The van der Waals surface area contributed by atoms with Crippen LogP contribution < -0.4 is 19.5 Å². The lowest BCUT2D eigenvalue weighted by Crippen LogP contribution is -2.12. The molecule has 0 radical (unpaired) electrons. The molecular weight excluding hydrogens is 330 g/mol. The highest BCUT2D eigenvalue weighted by Gasteiger charge is 2.10. The number of hydrogen-bond donors (Lipinski definition) is 1. The van der Waals surface area contributed by atoms with E-state index in [1.807, 2.05) is 30.3 Å². The number of hydrogen-bond acceptors (Lipinski definition) is 4. The maximum absolute atomic E-state index is 12.5. The molecule has 1 N–H and O–H groups in total. The summed E-state index contributed by atoms with van der Waals surface area (Å²) in [6.07, 6.45) is 0. The lowest BCUT2D eigenvalue weighted by atomic mass is 10.2. The average Bonchev–Trinajstić information content (AvgIpc) is 2.69. The number of anilines is 1. The summed E-state index contributed by atoms with van der Waals surface area (Å²) in [6, 6.07) is 21.6. The molecule has 3 aromatic carbocycles. The molecular formula is C21H19NO4. The van der Waals surface area contributed by atoms with Crippen LogP contribution in [0.3, 0.4) is 0 Å². The molecule has 0 fully saturated rings. The van der Waals surface area contributed by atoms with Crippen molar-refractivity contribution in [2.75, 3.05) is 19.5 Å². The Bertz CT molecular complexity index is 894. The van der Waals surface area contributed by atoms with E-state index in [2.05, 4.69) is 5.32 Å². The van der Waals surface area contributed by atoms with Crippen molar-refractivity contribution in [3.05, 3.63) is 78.4 Å². The van der Waals surface area contributed by atoms with E-state index in [9.17, 15) is 4.79 Å². The van der Waals surface area contributed by atoms with Crippen LogP contribution in [0.1, 0.15) is 10.4 Å². The molecule has 0 aromatic heterocycles. The second-order valence-electron chi connectivity index (χ2n) is 5.47. The first-order valence-corrected chi connectivity index (χ1v) is 8.06. The van der Waals surface area contributed by atoms with E-state index in [1.165, 1.54) is 0 Å². The van der Waals surface area contributed by atoms with Crippen molar-refractivity contribution < 1.29 is 19.0 Å². The molecule has 0 atom stereocenters. The number of benzene rings is 3. The first kappa shape index (κ1) is 17.4. The Morgan fingerprint density at radius 1 is 0.769 bits per heavy atom. The first-order valence-electron chi connectivity index (χ1n) is 8.06. The summed E-state index contributed by atoms with van der Waals surface area (Å²) >= 11 is 0. The second kappa shape index (κ2) is 8.07. The minimum atomic E-state index is -0.240. The number of rotatable bonds is 6. The monoisotopic (exact) mass is 349 g/mol. The summed E-state index contributed by atoms with van der Waals surface area (Å²) in [5, 5.41) is 2.85. The van der Waals surface area contributed by atoms with Gasteiger partial charge in [0, 0.05) is 17.3 Å². The molecule has 0 unspecified atom stereocenters. The molecule has 3 rings (SSSR count). The Morgan fingerprint density at radius 2 is 1.50 bits per heavy atom. The van der Waals surface area contributed by atoms with Gasteiger partial charge in [0.1, 0.15) is 11.5 Å². The van der Waals surface area contributed by atoms with Crippen LogP contribution in [0, 0.1) is 0 Å². The average molecular weight is 349 g/mol. The fraction of sp³-hybridized carbons (Fsp3) is 0.0952. The number of amides is 1. The lowest BCUT2D eigenvalue weighted by Gasteiger charge is -2.11. The number of para-hydroxylation sites is 1. The molecule has 3 aromatic rings. The zero-order chi connectivity index (χ0) is 18.4. The maximum Gasteiger partial charge on any atom is 0.255 e. The largest absolute Gasteiger partial charge is 0.493 e. The third-order valence-corrected chi connectivity index (χ3v) is 3.72. The normalized spacial score (nSPS) is 10.1. The van der Waals surface area contributed by atoms with Crippen molar-refractivity contribution in [3.63, 3.8) is 0 Å². The predicted molar refractivity (Wildman–Crippen MR) is 100 cm³/mol. The van der Waals surface area contributed by atoms with Crippen LogP contribution in [-0.4, -0.2) is 20.1 Å². The Morgan fingerprint density at radius 3 is 2.23 bits per heavy atom. The number of ether oxygens (including phenoxy) is 3. The van der Waals surface area contributed by atoms with Crippen molar-refractivity contribution in [1.29, 1.82) is 0 Å². The van der Waals surface area contributed by atoms with Crippen LogP contribution >= 0.6 is 0 Å². The Balaban J connectivity index is 1.75. The Hall–Kier alpha value is -3.47. The van der Waals surface area contributed by atoms with Crippen LogP contribution in [0.4, 0.5) is 5.69 Å². The molecule has 0 aliphatic heterocycles. The van der Waals surface area contributed by atoms with Gasteiger partial charge in [-0.2, -0.15) is 0 Å². The highest BCUT2D eigenvalue weighted by molar-refractivity contribution is 6.04. The third kappa shape index (κ3) is 4.13. The van der Waals surface area contributed by atoms with Crippen LogP contribution in [0.5, 0.6) is 23.0 Å². The van der Waals surface area contributed by atoms with Crippen molar-refractivity contribution in [3.8, 4) is 23.0 Å². The van der Waals surface area contributed by atoms with Crippen LogP contribution in [-0.2, 0) is 0 Å². The van der Waals surface area contributed by atoms with Gasteiger partial charge in [-0.05, 0) is 42.5 Å². The summed E-state index contributed by atoms with van der Waals surface area (Å²) in [7, 11) is 3.11. The highest BCUT2D eigenvalue weighted by atomic mass is 16.5. The predicted octanol–water partition coefficient (Wildman–Crippen LogP) is 4.75. The quantitative estimate of drug-likeness (QED) is 0.698. The molecule has 5 nitrogen and oxygen atoms in total. The fourth-order valence-corrected chi connectivity index (χ4v) is 2.44. The van der Waals surface area contributed by atoms with Gasteiger partial charge < -0.3 is 19.5 Å². The molecule has 1 amide bonds. The summed E-state index contributed by atoms with van der Waals surface area (Å²) in [5.74, 6) is 2.21. The van der Waals surface area contributed by atoms with Crippen LogP contribution in [0.25, 0.3) is 0 Å². The highest BCUT2D eigenvalue weighted by Crippen LogP contribution is 2.30. The first-order chi connectivity index (χ1) is 12.7. The summed E-state index contributed by atoms with van der Waals surface area (Å²) in [6.45, 7) is 0. The van der Waals surface area contributed by atoms with Crippen molar-refractivity contribution >= 4 is 11.6 Å². The molecule has 0 saturated heterocycles. The number of methoxy groups -OCH3 is 2. The van der Waals surface area contributed by atoms with Crippen molar-refractivity contribution in [2.24, 2.45) is 0 Å². The molecule has 0 spiro atoms. The van der Waals surface area contributed by atoms with Crippen LogP contribution in [0.2, 0.25) is 0 Å². The number of carbonyl (C=O) groups is 1. The maximum atomic E-state index is 12.5. The van der Waals surface area contributed by atoms with Gasteiger partial charge in [-0.1, -0.05) is 24.3 Å². The molecule has 0 saturated carbocycles. The molecule has 0 heterocycles. The van der Waals surface area contributed by atoms with E-state index in [4.69, 9.17) is 14.2 Å². The van der Waals surface area contributed by atoms with Gasteiger partial charge in [-0.25, -0.2) is 0 Å². The zero-order valence-electron chi connectivity index (χ0n) is 14.6. The van der Waals surface area contributed by atoms with Gasteiger partial charge in [-0.3, -0.25) is 4.79 Å². The fourth-order valence-electron chi connectivity index (χ4n) is 2.44. The molecule has 132 valence electrons. The van der Waals surface area contributed by atoms with Gasteiger partial charge in [0.25, 0.3) is 5.91 Å². The van der Waals surface area contributed by atoms with Crippen molar-refractivity contribution in [2.45, 2.75) is 0 Å². The molecule has 0 bridgehead atoms. The molecule has 5 heteroatoms. The summed E-state index contributed by atoms with van der Waals surface area (Å²) < 4.78 is 16.2. The second-order valence-corrected chi connectivity index (χ2v) is 5.47. The third-order valence-electron chi connectivity index (χ3n) is 3.72. The van der Waals surface area contributed by atoms with E-state index in [0.29, 0.717) is 34.2 Å². The molecule has 26 heavy (non-hydrogen) atoms. The minimum Gasteiger partial charge on any atom is -0.493 e. The van der Waals surface area contributed by atoms with Gasteiger partial charge in [0.2, 0.25) is 0 Å². The van der Waals surface area contributed by atoms with E-state index < -0.39 is 0 Å². The standard InChI is InChI=1S/C21H19NO4/c1-24-19-12-11-16(14-20(19)25-2)22-21(23)15-7-6-10-18(13-15)26-17-8-4-3-5-9-17/h3-14H,1-2H3,(H,22,23). The van der Waals surface area contributed by atoms with Crippen LogP contribution in [0.15, 0.2) is 72.8 Å². The molecule has 0 aliphatic rings. The van der Waals surface area contributed by atoms with E-state index in [-0.39, 0.29) is 5.91 Å². The van der Waals surface area contributed by atoms with Gasteiger partial charge in [0.05, 0.1) is 14.2 Å². The Labute approximate surface area is 152 Å². The summed E-state index contributed by atoms with van der Waals surface area (Å²) in [4.78, 5) is 12.5. The lowest BCUT2D eigenvalue weighted by molar-refractivity contribution is 0.102. The van der Waals surface area contributed by atoms with Gasteiger partial charge in [-0.15, -0.1) is 0 Å². The van der Waals surface area contributed by atoms with Gasteiger partial charge in [0.15, 0.2) is 11.5 Å². The van der Waals surface area contributed by atoms with E-state index >= 15 is 0 Å². The molecule has 0 aliphatic carbocycles. The topological polar surface area (TPSA) is 56.8 Å². The zero-order valence-corrected chi connectivity index (χ0v) is 14.6. The smallest absolute Gasteiger partial charge is 0.255 e. The van der Waals surface area contributed by atoms with E-state index in [0.717, 1.165) is 0 Å².